The Labute approximate surface area is 120 Å². The van der Waals surface area contributed by atoms with Crippen LogP contribution in [0, 0.1) is 6.92 Å². The van der Waals surface area contributed by atoms with Gasteiger partial charge in [0.05, 0.1) is 11.9 Å². The molecule has 5 heteroatoms. The number of rotatable bonds is 5. The Hall–Kier alpha value is -1.78. The lowest BCUT2D eigenvalue weighted by Crippen LogP contribution is -2.18. The zero-order valence-corrected chi connectivity index (χ0v) is 12.3. The Bertz CT molecular complexity index is 563. The fourth-order valence-corrected chi connectivity index (χ4v) is 2.94. The van der Waals surface area contributed by atoms with Crippen molar-refractivity contribution < 1.29 is 0 Å². The lowest BCUT2D eigenvalue weighted by atomic mass is 10.2. The van der Waals surface area contributed by atoms with E-state index in [-0.39, 0.29) is 0 Å². The van der Waals surface area contributed by atoms with Crippen molar-refractivity contribution in [1.29, 1.82) is 0 Å². The Morgan fingerprint density at radius 2 is 2.10 bits per heavy atom. The highest BCUT2D eigenvalue weighted by Crippen LogP contribution is 2.22. The Morgan fingerprint density at radius 3 is 2.80 bits per heavy atom. The summed E-state index contributed by atoms with van der Waals surface area (Å²) in [4.78, 5) is 4.62. The van der Waals surface area contributed by atoms with Crippen LogP contribution in [0.5, 0.6) is 0 Å². The lowest BCUT2D eigenvalue weighted by molar-refractivity contribution is 0.673. The molecule has 0 saturated heterocycles. The van der Waals surface area contributed by atoms with E-state index in [0.717, 1.165) is 24.6 Å². The molecule has 0 amide bonds. The molecule has 20 heavy (non-hydrogen) atoms. The Kier molecular flexibility index (Phi) is 3.76. The van der Waals surface area contributed by atoms with Gasteiger partial charge in [-0.2, -0.15) is 5.10 Å². The van der Waals surface area contributed by atoms with Gasteiger partial charge in [-0.05, 0) is 31.7 Å². The summed E-state index contributed by atoms with van der Waals surface area (Å²) in [7, 11) is 1.96. The van der Waals surface area contributed by atoms with Gasteiger partial charge >= 0.3 is 0 Å². The summed E-state index contributed by atoms with van der Waals surface area (Å²) in [5.41, 5.74) is 2.35. The van der Waals surface area contributed by atoms with Gasteiger partial charge in [0.25, 0.3) is 0 Å². The molecule has 0 unspecified atom stereocenters. The summed E-state index contributed by atoms with van der Waals surface area (Å²) >= 11 is 0. The van der Waals surface area contributed by atoms with Crippen LogP contribution in [-0.2, 0) is 20.0 Å². The maximum absolute atomic E-state index is 4.62. The highest BCUT2D eigenvalue weighted by atomic mass is 15.2. The molecule has 2 aromatic rings. The predicted octanol–water partition coefficient (Wildman–Crippen LogP) is 2.52. The maximum atomic E-state index is 4.62. The quantitative estimate of drug-likeness (QED) is 0.910. The molecule has 0 atom stereocenters. The summed E-state index contributed by atoms with van der Waals surface area (Å²) in [6.07, 6.45) is 12.4. The number of hydrogen-bond acceptors (Lipinski definition) is 3. The molecule has 1 aliphatic carbocycles. The van der Waals surface area contributed by atoms with Crippen molar-refractivity contribution in [3.63, 3.8) is 0 Å². The second-order valence-corrected chi connectivity index (χ2v) is 5.80. The summed E-state index contributed by atoms with van der Waals surface area (Å²) in [5.74, 6) is 1.03. The first-order chi connectivity index (χ1) is 9.70. The van der Waals surface area contributed by atoms with Gasteiger partial charge in [-0.25, -0.2) is 4.98 Å². The minimum absolute atomic E-state index is 0.606. The van der Waals surface area contributed by atoms with Crippen molar-refractivity contribution in [3.8, 4) is 0 Å². The van der Waals surface area contributed by atoms with Gasteiger partial charge in [0.15, 0.2) is 0 Å². The first-order valence-electron chi connectivity index (χ1n) is 7.48. The van der Waals surface area contributed by atoms with Crippen molar-refractivity contribution in [2.45, 2.75) is 51.6 Å². The zero-order chi connectivity index (χ0) is 13.9. The molecule has 3 rings (SSSR count). The van der Waals surface area contributed by atoms with E-state index in [4.69, 9.17) is 0 Å². The second kappa shape index (κ2) is 5.69. The van der Waals surface area contributed by atoms with Crippen molar-refractivity contribution in [1.82, 2.24) is 19.3 Å². The smallest absolute Gasteiger partial charge is 0.203 e. The van der Waals surface area contributed by atoms with Crippen LogP contribution in [0.4, 0.5) is 5.95 Å². The minimum Gasteiger partial charge on any atom is -0.353 e. The van der Waals surface area contributed by atoms with Crippen LogP contribution < -0.4 is 5.32 Å². The highest BCUT2D eigenvalue weighted by Gasteiger charge is 2.17. The van der Waals surface area contributed by atoms with Gasteiger partial charge in [0.1, 0.15) is 0 Å². The largest absolute Gasteiger partial charge is 0.353 e. The molecule has 0 bridgehead atoms. The molecule has 108 valence electrons. The summed E-state index contributed by atoms with van der Waals surface area (Å²) in [6.45, 7) is 3.00. The average molecular weight is 273 g/mol. The minimum atomic E-state index is 0.606. The Morgan fingerprint density at radius 1 is 1.30 bits per heavy atom. The Balaban J connectivity index is 1.65. The molecule has 2 aromatic heterocycles. The molecule has 2 heterocycles. The first kappa shape index (κ1) is 13.2. The van der Waals surface area contributed by atoms with Crippen molar-refractivity contribution >= 4 is 5.95 Å². The number of hydrogen-bond donors (Lipinski definition) is 1. The summed E-state index contributed by atoms with van der Waals surface area (Å²) < 4.78 is 4.09. The number of aromatic nitrogens is 4. The van der Waals surface area contributed by atoms with Crippen LogP contribution >= 0.6 is 0 Å². The number of imidazole rings is 1. The molecule has 1 aliphatic rings. The highest BCUT2D eigenvalue weighted by molar-refractivity contribution is 5.30. The molecule has 1 fully saturated rings. The van der Waals surface area contributed by atoms with E-state index in [9.17, 15) is 0 Å². The standard InChI is InChI=1S/C15H23N5/c1-12-10-20(8-7-13-9-16-19(2)11-13)15(17-12)18-14-5-3-4-6-14/h9-11,14H,3-8H2,1-2H3,(H,17,18). The molecule has 5 nitrogen and oxygen atoms in total. The molecule has 1 N–H and O–H groups in total. The van der Waals surface area contributed by atoms with Crippen LogP contribution in [0.2, 0.25) is 0 Å². The third kappa shape index (κ3) is 3.03. The van der Waals surface area contributed by atoms with Crippen molar-refractivity contribution in [2.75, 3.05) is 5.32 Å². The molecule has 0 aromatic carbocycles. The van der Waals surface area contributed by atoms with E-state index in [1.807, 2.05) is 17.9 Å². The van der Waals surface area contributed by atoms with E-state index >= 15 is 0 Å². The van der Waals surface area contributed by atoms with Gasteiger partial charge in [0, 0.05) is 32.0 Å². The third-order valence-corrected chi connectivity index (χ3v) is 3.99. The van der Waals surface area contributed by atoms with Crippen LogP contribution in [0.15, 0.2) is 18.6 Å². The summed E-state index contributed by atoms with van der Waals surface area (Å²) in [6, 6.07) is 0.606. The van der Waals surface area contributed by atoms with Crippen LogP contribution in [0.3, 0.4) is 0 Å². The van der Waals surface area contributed by atoms with Gasteiger partial charge in [0.2, 0.25) is 5.95 Å². The van der Waals surface area contributed by atoms with E-state index < -0.39 is 0 Å². The van der Waals surface area contributed by atoms with Crippen LogP contribution in [-0.4, -0.2) is 25.4 Å². The molecule has 0 spiro atoms. The van der Waals surface area contributed by atoms with E-state index in [1.54, 1.807) is 0 Å². The molecule has 1 saturated carbocycles. The summed E-state index contributed by atoms with van der Waals surface area (Å²) in [5, 5.41) is 7.82. The third-order valence-electron chi connectivity index (χ3n) is 3.99. The number of anilines is 1. The molecule has 0 aliphatic heterocycles. The van der Waals surface area contributed by atoms with Crippen LogP contribution in [0.25, 0.3) is 0 Å². The van der Waals surface area contributed by atoms with Crippen LogP contribution in [0.1, 0.15) is 36.9 Å². The van der Waals surface area contributed by atoms with Gasteiger partial charge in [-0.15, -0.1) is 0 Å². The van der Waals surface area contributed by atoms with Crippen molar-refractivity contribution in [3.05, 3.63) is 29.8 Å². The van der Waals surface area contributed by atoms with Crippen molar-refractivity contribution in [2.24, 2.45) is 7.05 Å². The molecular weight excluding hydrogens is 250 g/mol. The van der Waals surface area contributed by atoms with E-state index in [0.29, 0.717) is 6.04 Å². The normalized spacial score (nSPS) is 15.9. The maximum Gasteiger partial charge on any atom is 0.203 e. The monoisotopic (exact) mass is 273 g/mol. The number of aryl methyl sites for hydroxylation is 4. The van der Waals surface area contributed by atoms with Gasteiger partial charge in [-0.1, -0.05) is 12.8 Å². The van der Waals surface area contributed by atoms with Gasteiger partial charge < -0.3 is 9.88 Å². The molecule has 0 radical (unpaired) electrons. The fraction of sp³-hybridized carbons (Fsp3) is 0.600. The molecular formula is C15H23N5. The fourth-order valence-electron chi connectivity index (χ4n) is 2.94. The SMILES string of the molecule is Cc1cn(CCc2cnn(C)c2)c(NC2CCCC2)n1. The number of nitrogens with zero attached hydrogens (tertiary/aromatic N) is 4. The van der Waals surface area contributed by atoms with E-state index in [2.05, 4.69) is 39.3 Å². The zero-order valence-electron chi connectivity index (χ0n) is 12.3. The van der Waals surface area contributed by atoms with E-state index in [1.165, 1.54) is 31.2 Å². The number of nitrogens with one attached hydrogen (secondary N) is 1. The van der Waals surface area contributed by atoms with Gasteiger partial charge in [-0.3, -0.25) is 4.68 Å². The predicted molar refractivity (Wildman–Crippen MR) is 79.8 cm³/mol. The topological polar surface area (TPSA) is 47.7 Å². The average Bonchev–Trinajstić information content (AvgIpc) is 3.11. The second-order valence-electron chi connectivity index (χ2n) is 5.80. The lowest BCUT2D eigenvalue weighted by Gasteiger charge is -2.14. The first-order valence-corrected chi connectivity index (χ1v) is 7.48.